The minimum Gasteiger partial charge on any atom is -0.344 e. The van der Waals surface area contributed by atoms with Gasteiger partial charge in [0.25, 0.3) is 0 Å². The number of amides is 1. The Morgan fingerprint density at radius 2 is 1.88 bits per heavy atom. The SMILES string of the molecule is CNCCN(C)C(=O)Cc1ccc(C)cc1.Cl. The monoisotopic (exact) mass is 256 g/mol. The fourth-order valence-corrected chi connectivity index (χ4v) is 1.42. The van der Waals surface area contributed by atoms with Gasteiger partial charge in [0.15, 0.2) is 0 Å². The van der Waals surface area contributed by atoms with E-state index >= 15 is 0 Å². The number of aryl methyl sites for hydroxylation is 1. The van der Waals surface area contributed by atoms with Gasteiger partial charge in [-0.25, -0.2) is 0 Å². The molecule has 0 bridgehead atoms. The predicted octanol–water partition coefficient (Wildman–Crippen LogP) is 1.64. The number of benzene rings is 1. The normalized spacial score (nSPS) is 9.59. The molecule has 1 N–H and O–H groups in total. The van der Waals surface area contributed by atoms with Crippen LogP contribution in [-0.4, -0.2) is 38.0 Å². The first-order chi connectivity index (χ1) is 7.63. The molecule has 0 radical (unpaired) electrons. The highest BCUT2D eigenvalue weighted by atomic mass is 35.5. The molecule has 1 aromatic carbocycles. The molecule has 1 aromatic rings. The number of hydrogen-bond donors (Lipinski definition) is 1. The van der Waals surface area contributed by atoms with Crippen molar-refractivity contribution in [3.05, 3.63) is 35.4 Å². The van der Waals surface area contributed by atoms with Crippen molar-refractivity contribution in [2.45, 2.75) is 13.3 Å². The molecule has 0 atom stereocenters. The van der Waals surface area contributed by atoms with E-state index in [0.717, 1.165) is 18.7 Å². The molecule has 0 unspecified atom stereocenters. The summed E-state index contributed by atoms with van der Waals surface area (Å²) < 4.78 is 0. The highest BCUT2D eigenvalue weighted by Crippen LogP contribution is 2.05. The van der Waals surface area contributed by atoms with Crippen LogP contribution in [0.3, 0.4) is 0 Å². The van der Waals surface area contributed by atoms with Gasteiger partial charge in [0.2, 0.25) is 5.91 Å². The number of carbonyl (C=O) groups is 1. The smallest absolute Gasteiger partial charge is 0.226 e. The number of hydrogen-bond acceptors (Lipinski definition) is 2. The van der Waals surface area contributed by atoms with Crippen LogP contribution in [0, 0.1) is 6.92 Å². The third-order valence-electron chi connectivity index (χ3n) is 2.60. The second kappa shape index (κ2) is 8.09. The van der Waals surface area contributed by atoms with Crippen molar-refractivity contribution >= 4 is 18.3 Å². The highest BCUT2D eigenvalue weighted by molar-refractivity contribution is 5.85. The number of nitrogens with one attached hydrogen (secondary N) is 1. The summed E-state index contributed by atoms with van der Waals surface area (Å²) in [5, 5.41) is 3.03. The Balaban J connectivity index is 0.00000256. The van der Waals surface area contributed by atoms with E-state index in [9.17, 15) is 4.79 Å². The molecular weight excluding hydrogens is 236 g/mol. The van der Waals surface area contributed by atoms with Gasteiger partial charge < -0.3 is 10.2 Å². The van der Waals surface area contributed by atoms with Gasteiger partial charge in [-0.2, -0.15) is 0 Å². The molecule has 1 rings (SSSR count). The summed E-state index contributed by atoms with van der Waals surface area (Å²) in [6.45, 7) is 3.63. The Morgan fingerprint density at radius 1 is 1.29 bits per heavy atom. The van der Waals surface area contributed by atoms with Crippen molar-refractivity contribution in [3.63, 3.8) is 0 Å². The molecule has 1 amide bonds. The molecule has 0 aliphatic heterocycles. The Bertz CT molecular complexity index is 338. The minimum atomic E-state index is 0. The fraction of sp³-hybridized carbons (Fsp3) is 0.462. The van der Waals surface area contributed by atoms with Crippen LogP contribution in [0.4, 0.5) is 0 Å². The van der Waals surface area contributed by atoms with E-state index in [2.05, 4.69) is 5.32 Å². The van der Waals surface area contributed by atoms with E-state index in [-0.39, 0.29) is 18.3 Å². The zero-order valence-corrected chi connectivity index (χ0v) is 11.5. The minimum absolute atomic E-state index is 0. The van der Waals surface area contributed by atoms with Gasteiger partial charge in [-0.05, 0) is 19.5 Å². The van der Waals surface area contributed by atoms with Crippen LogP contribution in [-0.2, 0) is 11.2 Å². The average Bonchev–Trinajstić information content (AvgIpc) is 2.29. The number of rotatable bonds is 5. The van der Waals surface area contributed by atoms with Gasteiger partial charge in [0.1, 0.15) is 0 Å². The van der Waals surface area contributed by atoms with Crippen LogP contribution in [0.2, 0.25) is 0 Å². The Kier molecular flexibility index (Phi) is 7.59. The molecule has 0 spiro atoms. The maximum absolute atomic E-state index is 11.8. The number of halogens is 1. The lowest BCUT2D eigenvalue weighted by Crippen LogP contribution is -2.33. The maximum Gasteiger partial charge on any atom is 0.226 e. The van der Waals surface area contributed by atoms with Gasteiger partial charge in [-0.3, -0.25) is 4.79 Å². The third-order valence-corrected chi connectivity index (χ3v) is 2.60. The molecule has 0 saturated heterocycles. The van der Waals surface area contributed by atoms with Crippen molar-refractivity contribution < 1.29 is 4.79 Å². The van der Waals surface area contributed by atoms with E-state index < -0.39 is 0 Å². The molecule has 3 nitrogen and oxygen atoms in total. The summed E-state index contributed by atoms with van der Waals surface area (Å²) in [6, 6.07) is 8.10. The number of nitrogens with zero attached hydrogens (tertiary/aromatic N) is 1. The largest absolute Gasteiger partial charge is 0.344 e. The Morgan fingerprint density at radius 3 is 2.41 bits per heavy atom. The van der Waals surface area contributed by atoms with E-state index in [1.165, 1.54) is 5.56 Å². The molecule has 96 valence electrons. The van der Waals surface area contributed by atoms with Gasteiger partial charge >= 0.3 is 0 Å². The third kappa shape index (κ3) is 5.71. The quantitative estimate of drug-likeness (QED) is 0.869. The zero-order valence-electron chi connectivity index (χ0n) is 10.7. The zero-order chi connectivity index (χ0) is 12.0. The fourth-order valence-electron chi connectivity index (χ4n) is 1.42. The van der Waals surface area contributed by atoms with Gasteiger partial charge in [-0.1, -0.05) is 29.8 Å². The first-order valence-electron chi connectivity index (χ1n) is 5.57. The molecule has 0 heterocycles. The summed E-state index contributed by atoms with van der Waals surface area (Å²) in [6.07, 6.45) is 0.487. The molecule has 0 fully saturated rings. The maximum atomic E-state index is 11.8. The summed E-state index contributed by atoms with van der Waals surface area (Å²) in [5.41, 5.74) is 2.30. The van der Waals surface area contributed by atoms with Crippen LogP contribution >= 0.6 is 12.4 Å². The summed E-state index contributed by atoms with van der Waals surface area (Å²) in [5.74, 6) is 0.166. The Labute approximate surface area is 110 Å². The molecular formula is C13H21ClN2O. The van der Waals surface area contributed by atoms with Crippen LogP contribution < -0.4 is 5.32 Å². The van der Waals surface area contributed by atoms with Crippen LogP contribution in [0.25, 0.3) is 0 Å². The van der Waals surface area contributed by atoms with Crippen molar-refractivity contribution in [3.8, 4) is 0 Å². The lowest BCUT2D eigenvalue weighted by molar-refractivity contribution is -0.129. The Hall–Kier alpha value is -1.06. The van der Waals surface area contributed by atoms with Gasteiger partial charge in [0.05, 0.1) is 6.42 Å². The molecule has 0 aromatic heterocycles. The average molecular weight is 257 g/mol. The van der Waals surface area contributed by atoms with Gasteiger partial charge in [-0.15, -0.1) is 12.4 Å². The van der Waals surface area contributed by atoms with E-state index in [1.54, 1.807) is 4.90 Å². The second-order valence-electron chi connectivity index (χ2n) is 4.08. The lowest BCUT2D eigenvalue weighted by Gasteiger charge is -2.16. The van der Waals surface area contributed by atoms with Crippen molar-refractivity contribution in [2.75, 3.05) is 27.2 Å². The lowest BCUT2D eigenvalue weighted by atomic mass is 10.1. The molecule has 0 aliphatic rings. The number of carbonyl (C=O) groups excluding carboxylic acids is 1. The summed E-state index contributed by atoms with van der Waals surface area (Å²) in [4.78, 5) is 13.6. The molecule has 0 saturated carbocycles. The summed E-state index contributed by atoms with van der Waals surface area (Å²) >= 11 is 0. The van der Waals surface area contributed by atoms with E-state index in [1.807, 2.05) is 45.3 Å². The van der Waals surface area contributed by atoms with Crippen molar-refractivity contribution in [1.29, 1.82) is 0 Å². The van der Waals surface area contributed by atoms with Gasteiger partial charge in [0, 0.05) is 20.1 Å². The summed E-state index contributed by atoms with van der Waals surface area (Å²) in [7, 11) is 3.73. The molecule has 17 heavy (non-hydrogen) atoms. The van der Waals surface area contributed by atoms with Crippen LogP contribution in [0.15, 0.2) is 24.3 Å². The van der Waals surface area contributed by atoms with Crippen LogP contribution in [0.5, 0.6) is 0 Å². The first kappa shape index (κ1) is 15.9. The number of likely N-dealkylation sites (N-methyl/N-ethyl adjacent to an activating group) is 2. The standard InChI is InChI=1S/C13H20N2O.ClH/c1-11-4-6-12(7-5-11)10-13(16)15(3)9-8-14-2;/h4-7,14H,8-10H2,1-3H3;1H. The van der Waals surface area contributed by atoms with E-state index in [4.69, 9.17) is 0 Å². The first-order valence-corrected chi connectivity index (χ1v) is 5.57. The topological polar surface area (TPSA) is 32.3 Å². The van der Waals surface area contributed by atoms with Crippen molar-refractivity contribution in [2.24, 2.45) is 0 Å². The second-order valence-corrected chi connectivity index (χ2v) is 4.08. The van der Waals surface area contributed by atoms with E-state index in [0.29, 0.717) is 6.42 Å². The van der Waals surface area contributed by atoms with Crippen molar-refractivity contribution in [1.82, 2.24) is 10.2 Å². The highest BCUT2D eigenvalue weighted by Gasteiger charge is 2.08. The molecule has 4 heteroatoms. The van der Waals surface area contributed by atoms with Crippen LogP contribution in [0.1, 0.15) is 11.1 Å². The molecule has 0 aliphatic carbocycles. The predicted molar refractivity (Wildman–Crippen MR) is 73.7 cm³/mol.